The molecular weight excluding hydrogens is 250 g/mol. The van der Waals surface area contributed by atoms with Gasteiger partial charge < -0.3 is 11.1 Å². The molecule has 0 saturated carbocycles. The molecule has 0 aliphatic carbocycles. The van der Waals surface area contributed by atoms with Crippen LogP contribution < -0.4 is 11.1 Å². The minimum absolute atomic E-state index is 0.00104. The average Bonchev–Trinajstić information content (AvgIpc) is 2.76. The van der Waals surface area contributed by atoms with Crippen molar-refractivity contribution >= 4 is 23.1 Å². The topological polar surface area (TPSA) is 93.8 Å². The van der Waals surface area contributed by atoms with E-state index in [1.807, 2.05) is 20.0 Å². The van der Waals surface area contributed by atoms with Crippen molar-refractivity contribution in [3.05, 3.63) is 34.2 Å². The molecule has 0 aliphatic heterocycles. The van der Waals surface area contributed by atoms with Crippen molar-refractivity contribution in [1.29, 1.82) is 0 Å². The van der Waals surface area contributed by atoms with E-state index in [2.05, 4.69) is 20.3 Å². The molecule has 0 aromatic carbocycles. The van der Waals surface area contributed by atoms with Crippen molar-refractivity contribution in [2.24, 2.45) is 5.73 Å². The third-order valence-corrected chi connectivity index (χ3v) is 3.36. The molecule has 1 unspecified atom stereocenters. The number of primary amides is 1. The van der Waals surface area contributed by atoms with Crippen molar-refractivity contribution in [3.63, 3.8) is 0 Å². The Morgan fingerprint density at radius 3 is 2.83 bits per heavy atom. The summed E-state index contributed by atoms with van der Waals surface area (Å²) in [5.41, 5.74) is 5.29. The maximum Gasteiger partial charge on any atom is 0.268 e. The molecule has 2 heterocycles. The van der Waals surface area contributed by atoms with Gasteiger partial charge in [0.05, 0.1) is 18.4 Å². The summed E-state index contributed by atoms with van der Waals surface area (Å²) in [4.78, 5) is 24.4. The molecule has 0 fully saturated rings. The van der Waals surface area contributed by atoms with Gasteiger partial charge in [0.1, 0.15) is 16.5 Å². The van der Waals surface area contributed by atoms with Crippen LogP contribution >= 0.6 is 11.3 Å². The highest BCUT2D eigenvalue weighted by atomic mass is 32.1. The van der Waals surface area contributed by atoms with Crippen molar-refractivity contribution < 1.29 is 4.79 Å². The van der Waals surface area contributed by atoms with Gasteiger partial charge in [0, 0.05) is 11.1 Å². The van der Waals surface area contributed by atoms with Gasteiger partial charge in [-0.1, -0.05) is 0 Å². The lowest BCUT2D eigenvalue weighted by Gasteiger charge is -2.11. The van der Waals surface area contributed by atoms with Crippen LogP contribution in [0.4, 0.5) is 5.82 Å². The van der Waals surface area contributed by atoms with Gasteiger partial charge in [0.15, 0.2) is 0 Å². The summed E-state index contributed by atoms with van der Waals surface area (Å²) in [7, 11) is 0. The van der Waals surface area contributed by atoms with Crippen LogP contribution in [0.1, 0.15) is 33.3 Å². The van der Waals surface area contributed by atoms with Crippen LogP contribution in [-0.4, -0.2) is 20.9 Å². The monoisotopic (exact) mass is 263 g/mol. The number of nitrogens with two attached hydrogens (primary N) is 1. The molecule has 6 nitrogen and oxygen atoms in total. The maximum atomic E-state index is 11.0. The zero-order valence-corrected chi connectivity index (χ0v) is 10.9. The quantitative estimate of drug-likeness (QED) is 0.872. The minimum Gasteiger partial charge on any atom is -0.364 e. The third kappa shape index (κ3) is 2.80. The number of aryl methyl sites for hydroxylation is 1. The molecular formula is C11H13N5OS. The second-order valence-corrected chi connectivity index (χ2v) is 5.10. The summed E-state index contributed by atoms with van der Waals surface area (Å²) in [6.45, 7) is 3.97. The van der Waals surface area contributed by atoms with Crippen LogP contribution in [0, 0.1) is 6.92 Å². The Bertz CT molecular complexity index is 568. The number of carbonyl (C=O) groups is 1. The molecule has 0 bridgehead atoms. The molecule has 0 aliphatic rings. The number of carbonyl (C=O) groups excluding carboxylic acids is 1. The van der Waals surface area contributed by atoms with E-state index < -0.39 is 5.91 Å². The van der Waals surface area contributed by atoms with Gasteiger partial charge >= 0.3 is 0 Å². The van der Waals surface area contributed by atoms with E-state index in [1.165, 1.54) is 6.20 Å². The van der Waals surface area contributed by atoms with Gasteiger partial charge in [-0.25, -0.2) is 9.97 Å². The molecule has 18 heavy (non-hydrogen) atoms. The second-order valence-electron chi connectivity index (χ2n) is 3.83. The lowest BCUT2D eigenvalue weighted by atomic mass is 10.3. The number of hydrogen-bond acceptors (Lipinski definition) is 6. The molecule has 0 radical (unpaired) electrons. The van der Waals surface area contributed by atoms with Crippen LogP contribution in [0.25, 0.3) is 0 Å². The van der Waals surface area contributed by atoms with Gasteiger partial charge in [-0.2, -0.15) is 0 Å². The summed E-state index contributed by atoms with van der Waals surface area (Å²) in [5, 5.41) is 4.09. The fraction of sp³-hybridized carbons (Fsp3) is 0.273. The highest BCUT2D eigenvalue weighted by Gasteiger charge is 2.11. The summed E-state index contributed by atoms with van der Waals surface area (Å²) in [5.74, 6) is -0.0875. The Labute approximate surface area is 108 Å². The summed E-state index contributed by atoms with van der Waals surface area (Å²) >= 11 is 1.61. The molecule has 1 amide bonds. The standard InChI is InChI=1S/C11H13N5OS/c1-6-3-14-11(18-6)7(2)15-9-5-13-4-8(16-9)10(12)17/h3-5,7H,1-2H3,(H2,12,17)(H,15,16). The molecule has 94 valence electrons. The lowest BCUT2D eigenvalue weighted by molar-refractivity contribution is 0.0995. The Kier molecular flexibility index (Phi) is 3.52. The zero-order chi connectivity index (χ0) is 13.1. The van der Waals surface area contributed by atoms with Gasteiger partial charge in [0.25, 0.3) is 5.91 Å². The molecule has 2 rings (SSSR count). The lowest BCUT2D eigenvalue weighted by Crippen LogP contribution is -2.15. The second kappa shape index (κ2) is 5.09. The first-order chi connectivity index (χ1) is 8.56. The van der Waals surface area contributed by atoms with Gasteiger partial charge in [0.2, 0.25) is 0 Å². The number of nitrogens with zero attached hydrogens (tertiary/aromatic N) is 3. The molecule has 3 N–H and O–H groups in total. The van der Waals surface area contributed by atoms with Crippen LogP contribution in [0.15, 0.2) is 18.6 Å². The van der Waals surface area contributed by atoms with Gasteiger partial charge in [-0.15, -0.1) is 11.3 Å². The maximum absolute atomic E-state index is 11.0. The number of thiazole rings is 1. The Balaban J connectivity index is 2.14. The molecule has 0 saturated heterocycles. The van der Waals surface area contributed by atoms with E-state index in [4.69, 9.17) is 5.73 Å². The number of hydrogen-bond donors (Lipinski definition) is 2. The number of amides is 1. The number of aromatic nitrogens is 3. The van der Waals surface area contributed by atoms with Crippen LogP contribution in [0.3, 0.4) is 0 Å². The summed E-state index contributed by atoms with van der Waals surface area (Å²) in [6, 6.07) is 0.00104. The number of nitrogens with one attached hydrogen (secondary N) is 1. The smallest absolute Gasteiger partial charge is 0.268 e. The van der Waals surface area contributed by atoms with Gasteiger partial charge in [-0.3, -0.25) is 9.78 Å². The SMILES string of the molecule is Cc1cnc(C(C)Nc2cncc(C(N)=O)n2)s1. The molecule has 7 heteroatoms. The van der Waals surface area contributed by atoms with Crippen LogP contribution in [0.2, 0.25) is 0 Å². The van der Waals surface area contributed by atoms with E-state index in [0.717, 1.165) is 9.88 Å². The Morgan fingerprint density at radius 1 is 1.44 bits per heavy atom. The summed E-state index contributed by atoms with van der Waals surface area (Å²) in [6.07, 6.45) is 4.71. The molecule has 2 aromatic rings. The predicted molar refractivity (Wildman–Crippen MR) is 69.4 cm³/mol. The molecule has 2 aromatic heterocycles. The van der Waals surface area contributed by atoms with Crippen molar-refractivity contribution in [1.82, 2.24) is 15.0 Å². The van der Waals surface area contributed by atoms with Crippen LogP contribution in [0.5, 0.6) is 0 Å². The van der Waals surface area contributed by atoms with E-state index in [1.54, 1.807) is 17.5 Å². The van der Waals surface area contributed by atoms with Crippen molar-refractivity contribution in [2.45, 2.75) is 19.9 Å². The van der Waals surface area contributed by atoms with Crippen LogP contribution in [-0.2, 0) is 0 Å². The zero-order valence-electron chi connectivity index (χ0n) is 10.0. The molecule has 0 spiro atoms. The fourth-order valence-corrected chi connectivity index (χ4v) is 2.19. The number of rotatable bonds is 4. The normalized spacial score (nSPS) is 12.1. The largest absolute Gasteiger partial charge is 0.364 e. The van der Waals surface area contributed by atoms with E-state index in [9.17, 15) is 4.79 Å². The Morgan fingerprint density at radius 2 is 2.22 bits per heavy atom. The minimum atomic E-state index is -0.594. The Hall–Kier alpha value is -2.02. The third-order valence-electron chi connectivity index (χ3n) is 2.26. The highest BCUT2D eigenvalue weighted by molar-refractivity contribution is 7.11. The summed E-state index contributed by atoms with van der Waals surface area (Å²) < 4.78 is 0. The van der Waals surface area contributed by atoms with E-state index >= 15 is 0 Å². The van der Waals surface area contributed by atoms with E-state index in [0.29, 0.717) is 5.82 Å². The first-order valence-corrected chi connectivity index (χ1v) is 6.18. The van der Waals surface area contributed by atoms with Crippen molar-refractivity contribution in [3.8, 4) is 0 Å². The first kappa shape index (κ1) is 12.4. The molecule has 1 atom stereocenters. The van der Waals surface area contributed by atoms with Crippen molar-refractivity contribution in [2.75, 3.05) is 5.32 Å². The average molecular weight is 263 g/mol. The van der Waals surface area contributed by atoms with E-state index in [-0.39, 0.29) is 11.7 Å². The highest BCUT2D eigenvalue weighted by Crippen LogP contribution is 2.22. The number of anilines is 1. The fourth-order valence-electron chi connectivity index (χ4n) is 1.41. The van der Waals surface area contributed by atoms with Gasteiger partial charge in [-0.05, 0) is 13.8 Å². The predicted octanol–water partition coefficient (Wildman–Crippen LogP) is 1.51. The first-order valence-electron chi connectivity index (χ1n) is 5.37.